The summed E-state index contributed by atoms with van der Waals surface area (Å²) in [6.07, 6.45) is 2.60. The minimum Gasteiger partial charge on any atom is -0.364 e. The first-order valence-electron chi connectivity index (χ1n) is 10.4. The van der Waals surface area contributed by atoms with E-state index in [0.717, 1.165) is 26.1 Å². The van der Waals surface area contributed by atoms with Crippen LogP contribution in [0.25, 0.3) is 0 Å². The van der Waals surface area contributed by atoms with Crippen molar-refractivity contribution < 1.29 is 4.74 Å². The van der Waals surface area contributed by atoms with Crippen molar-refractivity contribution in [3.63, 3.8) is 0 Å². The fourth-order valence-corrected chi connectivity index (χ4v) is 4.83. The standard InChI is InChI=1S/C26H27NO/c1-3-9-20(10-4-1)15-17-27-18-16-23-22-13-7-8-14-24(22)26(28-25(23)19-27)21-11-5-2-6-12-21/h1-14,23,25-26H,15-19H2/t23-,25+,26?/m1/s1. The van der Waals surface area contributed by atoms with Crippen LogP contribution in [-0.4, -0.2) is 30.6 Å². The lowest BCUT2D eigenvalue weighted by Crippen LogP contribution is -2.47. The Kier molecular flexibility index (Phi) is 4.99. The molecule has 1 unspecified atom stereocenters. The van der Waals surface area contributed by atoms with E-state index < -0.39 is 0 Å². The Hall–Kier alpha value is -2.42. The van der Waals surface area contributed by atoms with Crippen LogP contribution in [0, 0.1) is 0 Å². The molecule has 0 N–H and O–H groups in total. The Labute approximate surface area is 167 Å². The summed E-state index contributed by atoms with van der Waals surface area (Å²) in [7, 11) is 0. The van der Waals surface area contributed by atoms with E-state index in [-0.39, 0.29) is 12.2 Å². The lowest BCUT2D eigenvalue weighted by Gasteiger charge is -2.45. The Balaban J connectivity index is 1.35. The van der Waals surface area contributed by atoms with Gasteiger partial charge in [-0.1, -0.05) is 84.9 Å². The van der Waals surface area contributed by atoms with Crippen molar-refractivity contribution >= 4 is 0 Å². The zero-order valence-corrected chi connectivity index (χ0v) is 16.2. The average molecular weight is 370 g/mol. The summed E-state index contributed by atoms with van der Waals surface area (Å²) < 4.78 is 6.74. The molecule has 5 rings (SSSR count). The van der Waals surface area contributed by atoms with E-state index in [0.29, 0.717) is 5.92 Å². The molecule has 2 aliphatic rings. The second kappa shape index (κ2) is 7.90. The van der Waals surface area contributed by atoms with Crippen LogP contribution in [0.15, 0.2) is 84.9 Å². The summed E-state index contributed by atoms with van der Waals surface area (Å²) in [6.45, 7) is 3.28. The molecule has 2 aliphatic heterocycles. The molecule has 2 heteroatoms. The Bertz CT molecular complexity index is 908. The van der Waals surface area contributed by atoms with Gasteiger partial charge in [-0.2, -0.15) is 0 Å². The van der Waals surface area contributed by atoms with Gasteiger partial charge < -0.3 is 9.64 Å². The normalized spacial score (nSPS) is 24.4. The van der Waals surface area contributed by atoms with E-state index in [2.05, 4.69) is 89.8 Å². The predicted molar refractivity (Wildman–Crippen MR) is 114 cm³/mol. The molecule has 3 atom stereocenters. The second-order valence-corrected chi connectivity index (χ2v) is 8.03. The number of hydrogen-bond donors (Lipinski definition) is 0. The summed E-state index contributed by atoms with van der Waals surface area (Å²) in [4.78, 5) is 2.59. The molecular weight excluding hydrogens is 342 g/mol. The summed E-state index contributed by atoms with van der Waals surface area (Å²) in [6, 6.07) is 30.4. The van der Waals surface area contributed by atoms with Gasteiger partial charge in [0.05, 0.1) is 6.10 Å². The monoisotopic (exact) mass is 369 g/mol. The fraction of sp³-hybridized carbons (Fsp3) is 0.308. The Morgan fingerprint density at radius 3 is 2.25 bits per heavy atom. The zero-order valence-electron chi connectivity index (χ0n) is 16.2. The van der Waals surface area contributed by atoms with Crippen molar-refractivity contribution in [2.75, 3.05) is 19.6 Å². The number of rotatable bonds is 4. The van der Waals surface area contributed by atoms with Gasteiger partial charge in [-0.3, -0.25) is 0 Å². The van der Waals surface area contributed by atoms with E-state index >= 15 is 0 Å². The fourth-order valence-electron chi connectivity index (χ4n) is 4.83. The van der Waals surface area contributed by atoms with Crippen molar-refractivity contribution in [2.45, 2.75) is 31.0 Å². The number of hydrogen-bond acceptors (Lipinski definition) is 2. The molecule has 0 amide bonds. The van der Waals surface area contributed by atoms with Crippen LogP contribution in [0.4, 0.5) is 0 Å². The average Bonchev–Trinajstić information content (AvgIpc) is 2.78. The van der Waals surface area contributed by atoms with Crippen LogP contribution in [0.1, 0.15) is 40.7 Å². The predicted octanol–water partition coefficient (Wildman–Crippen LogP) is 5.21. The zero-order chi connectivity index (χ0) is 18.8. The first-order valence-corrected chi connectivity index (χ1v) is 10.4. The van der Waals surface area contributed by atoms with E-state index in [9.17, 15) is 0 Å². The first kappa shape index (κ1) is 17.7. The smallest absolute Gasteiger partial charge is 0.108 e. The van der Waals surface area contributed by atoms with E-state index in [1.165, 1.54) is 28.7 Å². The SMILES string of the molecule is c1ccc(CCN2CC[C@@H]3c4ccccc4C(c4ccccc4)O[C@H]3C2)cc1. The van der Waals surface area contributed by atoms with E-state index in [4.69, 9.17) is 4.74 Å². The Morgan fingerprint density at radius 1 is 0.786 bits per heavy atom. The van der Waals surface area contributed by atoms with Crippen LogP contribution in [0.5, 0.6) is 0 Å². The van der Waals surface area contributed by atoms with Crippen molar-refractivity contribution in [1.82, 2.24) is 4.90 Å². The number of likely N-dealkylation sites (tertiary alicyclic amines) is 1. The van der Waals surface area contributed by atoms with Gasteiger partial charge >= 0.3 is 0 Å². The number of nitrogens with zero attached hydrogens (tertiary/aromatic N) is 1. The molecule has 3 aromatic carbocycles. The summed E-state index contributed by atoms with van der Waals surface area (Å²) in [5.74, 6) is 0.518. The van der Waals surface area contributed by atoms with E-state index in [1.807, 2.05) is 0 Å². The van der Waals surface area contributed by atoms with Crippen LogP contribution >= 0.6 is 0 Å². The van der Waals surface area contributed by atoms with Gasteiger partial charge in [0.25, 0.3) is 0 Å². The molecule has 3 aromatic rings. The quantitative estimate of drug-likeness (QED) is 0.626. The van der Waals surface area contributed by atoms with Crippen molar-refractivity contribution in [3.05, 3.63) is 107 Å². The van der Waals surface area contributed by atoms with Crippen LogP contribution in [0.2, 0.25) is 0 Å². The molecule has 142 valence electrons. The first-order chi connectivity index (χ1) is 13.9. The van der Waals surface area contributed by atoms with Gasteiger partial charge in [0, 0.05) is 19.0 Å². The van der Waals surface area contributed by atoms with Crippen molar-refractivity contribution in [3.8, 4) is 0 Å². The highest BCUT2D eigenvalue weighted by Crippen LogP contribution is 2.44. The number of piperidine rings is 1. The number of benzene rings is 3. The number of fused-ring (bicyclic) bond motifs is 3. The minimum absolute atomic E-state index is 0.0488. The third-order valence-electron chi connectivity index (χ3n) is 6.29. The van der Waals surface area contributed by atoms with Crippen molar-refractivity contribution in [1.29, 1.82) is 0 Å². The minimum atomic E-state index is 0.0488. The van der Waals surface area contributed by atoms with Crippen molar-refractivity contribution in [2.24, 2.45) is 0 Å². The van der Waals surface area contributed by atoms with Gasteiger partial charge in [-0.15, -0.1) is 0 Å². The highest BCUT2D eigenvalue weighted by Gasteiger charge is 2.39. The maximum Gasteiger partial charge on any atom is 0.108 e. The third kappa shape index (κ3) is 3.50. The van der Waals surface area contributed by atoms with Gasteiger partial charge in [0.1, 0.15) is 6.10 Å². The van der Waals surface area contributed by atoms with Gasteiger partial charge in [-0.25, -0.2) is 0 Å². The molecule has 0 bridgehead atoms. The topological polar surface area (TPSA) is 12.5 Å². The van der Waals surface area contributed by atoms with Gasteiger partial charge in [0.2, 0.25) is 0 Å². The van der Waals surface area contributed by atoms with Crippen LogP contribution < -0.4 is 0 Å². The largest absolute Gasteiger partial charge is 0.364 e. The summed E-state index contributed by atoms with van der Waals surface area (Å²) in [5, 5.41) is 0. The van der Waals surface area contributed by atoms with E-state index in [1.54, 1.807) is 0 Å². The molecule has 2 nitrogen and oxygen atoms in total. The molecule has 0 aromatic heterocycles. The van der Waals surface area contributed by atoms with Crippen LogP contribution in [0.3, 0.4) is 0 Å². The molecule has 28 heavy (non-hydrogen) atoms. The maximum absolute atomic E-state index is 6.74. The molecule has 0 radical (unpaired) electrons. The molecule has 2 heterocycles. The molecule has 0 aliphatic carbocycles. The molecule has 1 fully saturated rings. The second-order valence-electron chi connectivity index (χ2n) is 8.03. The van der Waals surface area contributed by atoms with Gasteiger partial charge in [-0.05, 0) is 41.6 Å². The number of ether oxygens (including phenoxy) is 1. The Morgan fingerprint density at radius 2 is 1.46 bits per heavy atom. The maximum atomic E-state index is 6.74. The summed E-state index contributed by atoms with van der Waals surface area (Å²) >= 11 is 0. The lowest BCUT2D eigenvalue weighted by molar-refractivity contribution is -0.0587. The molecule has 1 saturated heterocycles. The highest BCUT2D eigenvalue weighted by molar-refractivity contribution is 5.41. The van der Waals surface area contributed by atoms with Crippen LogP contribution in [-0.2, 0) is 11.2 Å². The molecule has 0 spiro atoms. The lowest BCUT2D eigenvalue weighted by atomic mass is 9.79. The molecule has 0 saturated carbocycles. The van der Waals surface area contributed by atoms with Gasteiger partial charge in [0.15, 0.2) is 0 Å². The molecular formula is C26H27NO. The summed E-state index contributed by atoms with van der Waals surface area (Å²) in [5.41, 5.74) is 5.53. The highest BCUT2D eigenvalue weighted by atomic mass is 16.5. The third-order valence-corrected chi connectivity index (χ3v) is 6.29.